The van der Waals surface area contributed by atoms with Crippen LogP contribution in [0.5, 0.6) is 0 Å². The number of ether oxygens (including phenoxy) is 1. The van der Waals surface area contributed by atoms with Gasteiger partial charge in [-0.1, -0.05) is 0 Å². The first-order chi connectivity index (χ1) is 9.15. The predicted octanol–water partition coefficient (Wildman–Crippen LogP) is 2.61. The molecule has 7 heteroatoms. The van der Waals surface area contributed by atoms with E-state index in [4.69, 9.17) is 16.3 Å². The minimum atomic E-state index is -0.663. The van der Waals surface area contributed by atoms with Crippen LogP contribution in [0.4, 0.5) is 8.78 Å². The van der Waals surface area contributed by atoms with Gasteiger partial charge in [-0.05, 0) is 12.1 Å². The summed E-state index contributed by atoms with van der Waals surface area (Å²) in [5.74, 6) is -0.272. The van der Waals surface area contributed by atoms with E-state index >= 15 is 0 Å². The van der Waals surface area contributed by atoms with Crippen molar-refractivity contribution < 1.29 is 13.5 Å². The molecule has 0 aliphatic heterocycles. The van der Waals surface area contributed by atoms with E-state index in [1.54, 1.807) is 11.7 Å². The fraction of sp³-hybridized carbons (Fsp3) is 0.333. The molecule has 0 aliphatic rings. The first kappa shape index (κ1) is 13.9. The summed E-state index contributed by atoms with van der Waals surface area (Å²) in [7, 11) is 1.56. The highest BCUT2D eigenvalue weighted by Crippen LogP contribution is 2.21. The summed E-state index contributed by atoms with van der Waals surface area (Å²) in [5, 5.41) is 7.84. The fourth-order valence-corrected chi connectivity index (χ4v) is 1.95. The smallest absolute Gasteiger partial charge is 0.164 e. The van der Waals surface area contributed by atoms with Crippen LogP contribution in [0, 0.1) is 11.6 Å². The second-order valence-electron chi connectivity index (χ2n) is 3.88. The van der Waals surface area contributed by atoms with Gasteiger partial charge in [-0.15, -0.1) is 21.8 Å². The molecule has 19 heavy (non-hydrogen) atoms. The minimum Gasteiger partial charge on any atom is -0.383 e. The summed E-state index contributed by atoms with van der Waals surface area (Å²) in [6.07, 6.45) is 0. The maximum atomic E-state index is 13.2. The largest absolute Gasteiger partial charge is 0.383 e. The van der Waals surface area contributed by atoms with E-state index in [1.807, 2.05) is 0 Å². The van der Waals surface area contributed by atoms with E-state index in [2.05, 4.69) is 10.2 Å². The van der Waals surface area contributed by atoms with Gasteiger partial charge in [0.05, 0.1) is 12.5 Å². The predicted molar refractivity (Wildman–Crippen MR) is 66.8 cm³/mol. The fourth-order valence-electron chi connectivity index (χ4n) is 1.75. The van der Waals surface area contributed by atoms with E-state index < -0.39 is 11.6 Å². The molecule has 0 spiro atoms. The number of benzene rings is 1. The van der Waals surface area contributed by atoms with Crippen molar-refractivity contribution in [3.8, 4) is 11.4 Å². The highest BCUT2D eigenvalue weighted by Gasteiger charge is 2.14. The van der Waals surface area contributed by atoms with Crippen LogP contribution >= 0.6 is 11.6 Å². The van der Waals surface area contributed by atoms with Gasteiger partial charge in [0.15, 0.2) is 5.82 Å². The highest BCUT2D eigenvalue weighted by atomic mass is 35.5. The van der Waals surface area contributed by atoms with Gasteiger partial charge in [0.2, 0.25) is 0 Å². The highest BCUT2D eigenvalue weighted by molar-refractivity contribution is 6.16. The molecule has 0 radical (unpaired) electrons. The van der Waals surface area contributed by atoms with Gasteiger partial charge < -0.3 is 9.30 Å². The maximum absolute atomic E-state index is 13.2. The molecule has 102 valence electrons. The molecule has 0 N–H and O–H groups in total. The zero-order valence-corrected chi connectivity index (χ0v) is 11.0. The quantitative estimate of drug-likeness (QED) is 0.794. The molecule has 0 amide bonds. The van der Waals surface area contributed by atoms with Crippen LogP contribution in [0.3, 0.4) is 0 Å². The third-order valence-corrected chi connectivity index (χ3v) is 2.83. The van der Waals surface area contributed by atoms with Gasteiger partial charge in [0.1, 0.15) is 17.5 Å². The number of aromatic nitrogens is 3. The maximum Gasteiger partial charge on any atom is 0.164 e. The number of halogens is 3. The number of hydrogen-bond acceptors (Lipinski definition) is 3. The number of rotatable bonds is 5. The normalized spacial score (nSPS) is 10.9. The van der Waals surface area contributed by atoms with E-state index in [-0.39, 0.29) is 5.88 Å². The standard InChI is InChI=1S/C12H12ClF2N3O/c1-19-3-2-18-11(7-13)16-17-12(18)8-4-9(14)6-10(15)5-8/h4-6H,2-3,7H2,1H3. The summed E-state index contributed by atoms with van der Waals surface area (Å²) in [6.45, 7) is 0.881. The molecule has 2 rings (SSSR count). The molecule has 0 unspecified atom stereocenters. The zero-order chi connectivity index (χ0) is 13.8. The number of methoxy groups -OCH3 is 1. The first-order valence-corrected chi connectivity index (χ1v) is 6.12. The molecule has 0 saturated carbocycles. The lowest BCUT2D eigenvalue weighted by Crippen LogP contribution is -2.09. The molecule has 2 aromatic rings. The SMILES string of the molecule is COCCn1c(CCl)nnc1-c1cc(F)cc(F)c1. The third-order valence-electron chi connectivity index (χ3n) is 2.59. The third kappa shape index (κ3) is 3.08. The summed E-state index contributed by atoms with van der Waals surface area (Å²) < 4.78 is 33.1. The Morgan fingerprint density at radius 1 is 1.21 bits per heavy atom. The minimum absolute atomic E-state index is 0.161. The van der Waals surface area contributed by atoms with Crippen LogP contribution in [-0.4, -0.2) is 28.5 Å². The molecule has 1 heterocycles. The van der Waals surface area contributed by atoms with Crippen molar-refractivity contribution in [1.29, 1.82) is 0 Å². The average molecular weight is 288 g/mol. The number of alkyl halides is 1. The second kappa shape index (κ2) is 6.08. The summed E-state index contributed by atoms with van der Waals surface area (Å²) >= 11 is 5.76. The van der Waals surface area contributed by atoms with Crippen LogP contribution in [0.1, 0.15) is 5.82 Å². The molecule has 1 aromatic heterocycles. The Bertz CT molecular complexity index is 554. The zero-order valence-electron chi connectivity index (χ0n) is 10.2. The average Bonchev–Trinajstić information content (AvgIpc) is 2.77. The van der Waals surface area contributed by atoms with Gasteiger partial charge in [0, 0.05) is 25.3 Å². The van der Waals surface area contributed by atoms with Crippen LogP contribution < -0.4 is 0 Å². The van der Waals surface area contributed by atoms with E-state index in [1.165, 1.54) is 12.1 Å². The van der Waals surface area contributed by atoms with E-state index in [9.17, 15) is 8.78 Å². The van der Waals surface area contributed by atoms with Crippen LogP contribution in [0.15, 0.2) is 18.2 Å². The van der Waals surface area contributed by atoms with Crippen LogP contribution in [-0.2, 0) is 17.2 Å². The lowest BCUT2D eigenvalue weighted by molar-refractivity contribution is 0.187. The Labute approximate surface area is 114 Å². The van der Waals surface area contributed by atoms with Crippen LogP contribution in [0.25, 0.3) is 11.4 Å². The number of nitrogens with zero attached hydrogens (tertiary/aromatic N) is 3. The van der Waals surface area contributed by atoms with Crippen molar-refractivity contribution >= 4 is 11.6 Å². The monoisotopic (exact) mass is 287 g/mol. The molecule has 1 aromatic carbocycles. The molecule has 0 saturated heterocycles. The topological polar surface area (TPSA) is 39.9 Å². The van der Waals surface area contributed by atoms with E-state index in [0.717, 1.165) is 6.07 Å². The molecule has 0 atom stereocenters. The van der Waals surface area contributed by atoms with Crippen molar-refractivity contribution in [2.45, 2.75) is 12.4 Å². The Hall–Kier alpha value is -1.53. The van der Waals surface area contributed by atoms with E-state index in [0.29, 0.717) is 30.4 Å². The summed E-state index contributed by atoms with van der Waals surface area (Å²) in [4.78, 5) is 0. The van der Waals surface area contributed by atoms with Crippen molar-refractivity contribution in [3.63, 3.8) is 0 Å². The van der Waals surface area contributed by atoms with Crippen molar-refractivity contribution in [2.75, 3.05) is 13.7 Å². The molecule has 4 nitrogen and oxygen atoms in total. The molecule has 0 aliphatic carbocycles. The Morgan fingerprint density at radius 3 is 2.47 bits per heavy atom. The van der Waals surface area contributed by atoms with Crippen molar-refractivity contribution in [2.24, 2.45) is 0 Å². The van der Waals surface area contributed by atoms with Gasteiger partial charge >= 0.3 is 0 Å². The summed E-state index contributed by atoms with van der Waals surface area (Å²) in [5.41, 5.74) is 0.317. The Morgan fingerprint density at radius 2 is 1.89 bits per heavy atom. The molecule has 0 fully saturated rings. The Kier molecular flexibility index (Phi) is 4.44. The molecular weight excluding hydrogens is 276 g/mol. The van der Waals surface area contributed by atoms with Crippen molar-refractivity contribution in [3.05, 3.63) is 35.7 Å². The Balaban J connectivity index is 2.45. The van der Waals surface area contributed by atoms with Crippen LogP contribution in [0.2, 0.25) is 0 Å². The van der Waals surface area contributed by atoms with Gasteiger partial charge in [-0.3, -0.25) is 0 Å². The second-order valence-corrected chi connectivity index (χ2v) is 4.14. The molecular formula is C12H12ClF2N3O. The van der Waals surface area contributed by atoms with Gasteiger partial charge in [-0.25, -0.2) is 8.78 Å². The molecule has 0 bridgehead atoms. The first-order valence-electron chi connectivity index (χ1n) is 5.59. The number of hydrogen-bond donors (Lipinski definition) is 0. The lowest BCUT2D eigenvalue weighted by Gasteiger charge is -2.08. The van der Waals surface area contributed by atoms with Crippen molar-refractivity contribution in [1.82, 2.24) is 14.8 Å². The van der Waals surface area contributed by atoms with Gasteiger partial charge in [-0.2, -0.15) is 0 Å². The van der Waals surface area contributed by atoms with Gasteiger partial charge in [0.25, 0.3) is 0 Å². The summed E-state index contributed by atoms with van der Waals surface area (Å²) in [6, 6.07) is 3.21. The lowest BCUT2D eigenvalue weighted by atomic mass is 10.2.